The molecule has 7 rings (SSSR count). The summed E-state index contributed by atoms with van der Waals surface area (Å²) in [6, 6.07) is 34.2. The number of hydrogen-bond donors (Lipinski definition) is 2. The van der Waals surface area contributed by atoms with Crippen molar-refractivity contribution in [3.05, 3.63) is 120 Å². The van der Waals surface area contributed by atoms with Crippen molar-refractivity contribution in [1.29, 1.82) is 0 Å². The van der Waals surface area contributed by atoms with E-state index in [0.29, 0.717) is 0 Å². The molecule has 0 saturated heterocycles. The predicted molar refractivity (Wildman–Crippen MR) is 147 cm³/mol. The van der Waals surface area contributed by atoms with Gasteiger partial charge < -0.3 is 9.97 Å². The number of nitrogens with zero attached hydrogens (tertiary/aromatic N) is 2. The van der Waals surface area contributed by atoms with Gasteiger partial charge >= 0.3 is 0 Å². The van der Waals surface area contributed by atoms with Crippen molar-refractivity contribution in [2.24, 2.45) is 0 Å². The van der Waals surface area contributed by atoms with Crippen LogP contribution in [0.4, 0.5) is 0 Å². The van der Waals surface area contributed by atoms with E-state index in [1.807, 2.05) is 0 Å². The van der Waals surface area contributed by atoms with Crippen LogP contribution in [0.25, 0.3) is 44.3 Å². The summed E-state index contributed by atoms with van der Waals surface area (Å²) in [5.74, 6) is 0. The molecular formula is C32H26N4. The lowest BCUT2D eigenvalue weighted by atomic mass is 10.0. The molecule has 0 fully saturated rings. The number of aromatic amines is 2. The smallest absolute Gasteiger partial charge is 0.0509 e. The van der Waals surface area contributed by atoms with Crippen molar-refractivity contribution in [1.82, 2.24) is 19.9 Å². The molecule has 3 aromatic heterocycles. The zero-order valence-corrected chi connectivity index (χ0v) is 20.0. The third kappa shape index (κ3) is 3.81. The van der Waals surface area contributed by atoms with Crippen LogP contribution in [0.1, 0.15) is 22.8 Å². The van der Waals surface area contributed by atoms with Crippen LogP contribution in [-0.2, 0) is 25.7 Å². The molecule has 4 nitrogen and oxygen atoms in total. The molecule has 8 bridgehead atoms. The van der Waals surface area contributed by atoms with Gasteiger partial charge in [0.05, 0.1) is 11.4 Å². The predicted octanol–water partition coefficient (Wildman–Crippen LogP) is 7.22. The molecule has 0 saturated carbocycles. The van der Waals surface area contributed by atoms with Gasteiger partial charge in [-0.15, -0.1) is 0 Å². The van der Waals surface area contributed by atoms with Gasteiger partial charge in [-0.2, -0.15) is 0 Å². The molecule has 0 radical (unpaired) electrons. The van der Waals surface area contributed by atoms with E-state index in [1.165, 1.54) is 22.3 Å². The van der Waals surface area contributed by atoms with Crippen LogP contribution in [0.2, 0.25) is 0 Å². The average molecular weight is 467 g/mol. The number of H-pyrrole nitrogens is 2. The summed E-state index contributed by atoms with van der Waals surface area (Å²) in [7, 11) is 0. The molecule has 2 aliphatic rings. The third-order valence-electron chi connectivity index (χ3n) is 7.10. The number of nitrogens with one attached hydrogen (secondary N) is 2. The van der Waals surface area contributed by atoms with Crippen LogP contribution in [-0.4, -0.2) is 19.9 Å². The molecular weight excluding hydrogens is 440 g/mol. The largest absolute Gasteiger partial charge is 0.355 e. The Morgan fingerprint density at radius 3 is 1.36 bits per heavy atom. The van der Waals surface area contributed by atoms with Crippen LogP contribution in [0, 0.1) is 0 Å². The highest BCUT2D eigenvalue weighted by Crippen LogP contribution is 2.31. The van der Waals surface area contributed by atoms with Gasteiger partial charge in [-0.05, 0) is 73.2 Å². The van der Waals surface area contributed by atoms with Crippen LogP contribution in [0.3, 0.4) is 0 Å². The van der Waals surface area contributed by atoms with Gasteiger partial charge in [-0.25, -0.2) is 0 Å². The highest BCUT2D eigenvalue weighted by atomic mass is 14.8. The molecule has 4 heteroatoms. The monoisotopic (exact) mass is 466 g/mol. The molecule has 0 aliphatic carbocycles. The Morgan fingerprint density at radius 1 is 0.472 bits per heavy atom. The number of fused-ring (bicyclic) bond motifs is 8. The fourth-order valence-corrected chi connectivity index (χ4v) is 5.44. The Balaban J connectivity index is 1.57. The lowest BCUT2D eigenvalue weighted by Gasteiger charge is -2.04. The fraction of sp³-hybridized carbons (Fsp3) is 0.125. The van der Waals surface area contributed by atoms with Gasteiger partial charge in [-0.1, -0.05) is 60.7 Å². The Morgan fingerprint density at radius 2 is 0.917 bits per heavy atom. The van der Waals surface area contributed by atoms with Crippen molar-refractivity contribution in [3.8, 4) is 22.3 Å². The van der Waals surface area contributed by atoms with Crippen LogP contribution in [0.15, 0.2) is 97.1 Å². The van der Waals surface area contributed by atoms with Crippen LogP contribution < -0.4 is 0 Å². The first-order valence-electron chi connectivity index (χ1n) is 12.6. The zero-order chi connectivity index (χ0) is 23.9. The van der Waals surface area contributed by atoms with E-state index in [2.05, 4.69) is 107 Å². The highest BCUT2D eigenvalue weighted by Gasteiger charge is 2.16. The normalized spacial score (nSPS) is 13.1. The SMILES string of the molecule is c1ccc(-c2c3nc(cc4ccc([nH]4)c(-c4ccccc4)c4nc(cc5ccc2[nH]5)CC4)CC3)cc1. The van der Waals surface area contributed by atoms with E-state index >= 15 is 0 Å². The molecule has 36 heavy (non-hydrogen) atoms. The van der Waals surface area contributed by atoms with Crippen LogP contribution >= 0.6 is 0 Å². The summed E-state index contributed by atoms with van der Waals surface area (Å²) in [4.78, 5) is 17.5. The Labute approximate surface area is 209 Å². The maximum absolute atomic E-state index is 5.11. The van der Waals surface area contributed by atoms with E-state index in [9.17, 15) is 0 Å². The zero-order valence-electron chi connectivity index (χ0n) is 20.0. The van der Waals surface area contributed by atoms with Crippen molar-refractivity contribution in [3.63, 3.8) is 0 Å². The molecule has 0 spiro atoms. The Hall–Kier alpha value is -4.44. The van der Waals surface area contributed by atoms with Crippen molar-refractivity contribution in [2.75, 3.05) is 0 Å². The minimum atomic E-state index is 0.924. The van der Waals surface area contributed by atoms with Gasteiger partial charge in [-0.3, -0.25) is 9.97 Å². The second-order valence-corrected chi connectivity index (χ2v) is 9.53. The third-order valence-corrected chi connectivity index (χ3v) is 7.10. The fourth-order valence-electron chi connectivity index (χ4n) is 5.44. The van der Waals surface area contributed by atoms with Gasteiger partial charge in [0.25, 0.3) is 0 Å². The second-order valence-electron chi connectivity index (χ2n) is 9.53. The lowest BCUT2D eigenvalue weighted by molar-refractivity contribution is 1.03. The summed E-state index contributed by atoms with van der Waals surface area (Å²) < 4.78 is 0. The summed E-state index contributed by atoms with van der Waals surface area (Å²) in [5, 5.41) is 0. The lowest BCUT2D eigenvalue weighted by Crippen LogP contribution is -1.87. The minimum absolute atomic E-state index is 0.924. The van der Waals surface area contributed by atoms with Gasteiger partial charge in [0.2, 0.25) is 0 Å². The number of hydrogen-bond acceptors (Lipinski definition) is 2. The van der Waals surface area contributed by atoms with E-state index < -0.39 is 0 Å². The number of benzene rings is 2. The standard InChI is InChI=1S/C32H26N4/c1-3-7-21(8-4-1)31-27-15-11-23(33-27)19-25-13-17-29(35-25)32(22-9-5-2-6-10-22)30-18-14-26(36-30)20-24-12-16-28(31)34-24/h1-11,14-15,18-20,33,36H,12-13,16-17H2. The second kappa shape index (κ2) is 8.65. The number of rotatable bonds is 2. The maximum Gasteiger partial charge on any atom is 0.0509 e. The molecule has 5 aromatic rings. The van der Waals surface area contributed by atoms with Gasteiger partial charge in [0.1, 0.15) is 0 Å². The van der Waals surface area contributed by atoms with E-state index in [4.69, 9.17) is 9.97 Å². The van der Waals surface area contributed by atoms with E-state index in [1.54, 1.807) is 0 Å². The van der Waals surface area contributed by atoms with E-state index in [-0.39, 0.29) is 0 Å². The number of aromatic nitrogens is 4. The molecule has 0 atom stereocenters. The molecule has 5 heterocycles. The minimum Gasteiger partial charge on any atom is -0.355 e. The first-order valence-corrected chi connectivity index (χ1v) is 12.6. The quantitative estimate of drug-likeness (QED) is 0.289. The molecule has 0 amide bonds. The van der Waals surface area contributed by atoms with Crippen LogP contribution in [0.5, 0.6) is 0 Å². The highest BCUT2D eigenvalue weighted by molar-refractivity contribution is 5.85. The Bertz CT molecular complexity index is 1600. The summed E-state index contributed by atoms with van der Waals surface area (Å²) in [5.41, 5.74) is 13.5. The first kappa shape index (κ1) is 20.9. The number of aryl methyl sites for hydroxylation is 4. The molecule has 2 N–H and O–H groups in total. The van der Waals surface area contributed by atoms with Crippen molar-refractivity contribution >= 4 is 22.1 Å². The molecule has 2 aliphatic heterocycles. The maximum atomic E-state index is 5.11. The molecule has 174 valence electrons. The van der Waals surface area contributed by atoms with Crippen molar-refractivity contribution in [2.45, 2.75) is 25.7 Å². The van der Waals surface area contributed by atoms with Gasteiger partial charge in [0.15, 0.2) is 0 Å². The van der Waals surface area contributed by atoms with Crippen molar-refractivity contribution < 1.29 is 0 Å². The van der Waals surface area contributed by atoms with Gasteiger partial charge in [0, 0.05) is 44.6 Å². The molecule has 0 unspecified atom stereocenters. The summed E-state index contributed by atoms with van der Waals surface area (Å²) >= 11 is 0. The Kier molecular flexibility index (Phi) is 5.02. The summed E-state index contributed by atoms with van der Waals surface area (Å²) in [6.45, 7) is 0. The topological polar surface area (TPSA) is 57.4 Å². The first-order chi connectivity index (χ1) is 17.8. The molecule has 2 aromatic carbocycles. The summed E-state index contributed by atoms with van der Waals surface area (Å²) in [6.07, 6.45) is 3.71. The van der Waals surface area contributed by atoms with E-state index in [0.717, 1.165) is 70.5 Å². The average Bonchev–Trinajstić information content (AvgIpc) is 3.72.